The van der Waals surface area contributed by atoms with Crippen molar-refractivity contribution in [3.8, 4) is 0 Å². The maximum absolute atomic E-state index is 14.0. The standard InChI is InChI=1S/C18H29FN2/c1-4-14-10-11-17(20-3)15(12-14)13-21(5-2)18-9-7-6-8-16(18)19/h6-9,14-15,17,20H,4-5,10-13H2,1-3H3. The number of halogens is 1. The molecule has 1 aliphatic rings. The lowest BCUT2D eigenvalue weighted by Crippen LogP contribution is -2.45. The summed E-state index contributed by atoms with van der Waals surface area (Å²) in [6.45, 7) is 6.20. The number of nitrogens with one attached hydrogen (secondary N) is 1. The van der Waals surface area contributed by atoms with Crippen molar-refractivity contribution in [3.63, 3.8) is 0 Å². The average molecular weight is 292 g/mol. The Kier molecular flexibility index (Phi) is 6.04. The zero-order valence-corrected chi connectivity index (χ0v) is 13.6. The molecule has 21 heavy (non-hydrogen) atoms. The smallest absolute Gasteiger partial charge is 0.146 e. The Labute approximate surface area is 128 Å². The number of anilines is 1. The maximum Gasteiger partial charge on any atom is 0.146 e. The van der Waals surface area contributed by atoms with E-state index >= 15 is 0 Å². The molecular weight excluding hydrogens is 263 g/mol. The first kappa shape index (κ1) is 16.3. The molecule has 0 heterocycles. The number of hydrogen-bond donors (Lipinski definition) is 1. The van der Waals surface area contributed by atoms with Crippen LogP contribution in [0.25, 0.3) is 0 Å². The van der Waals surface area contributed by atoms with Gasteiger partial charge >= 0.3 is 0 Å². The third-order valence-corrected chi connectivity index (χ3v) is 5.07. The van der Waals surface area contributed by atoms with E-state index in [1.54, 1.807) is 12.1 Å². The number of rotatable bonds is 6. The molecule has 2 nitrogen and oxygen atoms in total. The summed E-state index contributed by atoms with van der Waals surface area (Å²) >= 11 is 0. The molecular formula is C18H29FN2. The highest BCUT2D eigenvalue weighted by molar-refractivity contribution is 5.47. The van der Waals surface area contributed by atoms with Crippen LogP contribution in [0.15, 0.2) is 24.3 Å². The highest BCUT2D eigenvalue weighted by atomic mass is 19.1. The van der Waals surface area contributed by atoms with Crippen molar-refractivity contribution in [2.24, 2.45) is 11.8 Å². The van der Waals surface area contributed by atoms with E-state index in [0.29, 0.717) is 12.0 Å². The van der Waals surface area contributed by atoms with E-state index in [1.165, 1.54) is 25.7 Å². The summed E-state index contributed by atoms with van der Waals surface area (Å²) < 4.78 is 14.0. The first-order valence-electron chi connectivity index (χ1n) is 8.36. The molecule has 1 saturated carbocycles. The maximum atomic E-state index is 14.0. The molecule has 118 valence electrons. The van der Waals surface area contributed by atoms with E-state index in [0.717, 1.165) is 24.7 Å². The van der Waals surface area contributed by atoms with Crippen LogP contribution in [0.2, 0.25) is 0 Å². The summed E-state index contributed by atoms with van der Waals surface area (Å²) in [4.78, 5) is 2.20. The van der Waals surface area contributed by atoms with Gasteiger partial charge in [-0.1, -0.05) is 25.5 Å². The molecule has 3 heteroatoms. The predicted molar refractivity (Wildman–Crippen MR) is 88.3 cm³/mol. The Morgan fingerprint density at radius 1 is 1.24 bits per heavy atom. The molecule has 2 rings (SSSR count). The summed E-state index contributed by atoms with van der Waals surface area (Å²) in [6, 6.07) is 7.70. The van der Waals surface area contributed by atoms with E-state index in [1.807, 2.05) is 12.1 Å². The molecule has 0 bridgehead atoms. The van der Waals surface area contributed by atoms with E-state index in [-0.39, 0.29) is 5.82 Å². The van der Waals surface area contributed by atoms with Crippen molar-refractivity contribution in [2.45, 2.75) is 45.6 Å². The van der Waals surface area contributed by atoms with Crippen molar-refractivity contribution in [2.75, 3.05) is 25.0 Å². The molecule has 1 aromatic rings. The van der Waals surface area contributed by atoms with Crippen molar-refractivity contribution in [1.29, 1.82) is 0 Å². The van der Waals surface area contributed by atoms with Gasteiger partial charge in [-0.15, -0.1) is 0 Å². The molecule has 0 spiro atoms. The summed E-state index contributed by atoms with van der Waals surface area (Å²) in [5.41, 5.74) is 0.744. The molecule has 1 N–H and O–H groups in total. The van der Waals surface area contributed by atoms with Crippen LogP contribution >= 0.6 is 0 Å². The van der Waals surface area contributed by atoms with Crippen LogP contribution in [-0.4, -0.2) is 26.2 Å². The summed E-state index contributed by atoms with van der Waals surface area (Å²) in [6.07, 6.45) is 5.09. The van der Waals surface area contributed by atoms with Gasteiger partial charge in [0.2, 0.25) is 0 Å². The minimum atomic E-state index is -0.108. The minimum absolute atomic E-state index is 0.108. The molecule has 0 saturated heterocycles. The summed E-state index contributed by atoms with van der Waals surface area (Å²) in [5.74, 6) is 1.33. The van der Waals surface area contributed by atoms with Gasteiger partial charge in [0.1, 0.15) is 5.82 Å². The number of para-hydroxylation sites is 1. The summed E-state index contributed by atoms with van der Waals surface area (Å²) in [5, 5.41) is 3.47. The zero-order valence-electron chi connectivity index (χ0n) is 13.6. The quantitative estimate of drug-likeness (QED) is 0.850. The monoisotopic (exact) mass is 292 g/mol. The van der Waals surface area contributed by atoms with Crippen LogP contribution in [0.4, 0.5) is 10.1 Å². The second kappa shape index (κ2) is 7.79. The fourth-order valence-corrected chi connectivity index (χ4v) is 3.70. The Morgan fingerprint density at radius 3 is 2.62 bits per heavy atom. The second-order valence-electron chi connectivity index (χ2n) is 6.23. The Balaban J connectivity index is 2.10. The van der Waals surface area contributed by atoms with Crippen LogP contribution < -0.4 is 10.2 Å². The molecule has 1 aliphatic carbocycles. The van der Waals surface area contributed by atoms with Gasteiger partial charge in [-0.05, 0) is 57.2 Å². The van der Waals surface area contributed by atoms with Gasteiger partial charge in [-0.25, -0.2) is 4.39 Å². The third-order valence-electron chi connectivity index (χ3n) is 5.07. The first-order valence-corrected chi connectivity index (χ1v) is 8.36. The van der Waals surface area contributed by atoms with Gasteiger partial charge in [-0.3, -0.25) is 0 Å². The van der Waals surface area contributed by atoms with E-state index in [4.69, 9.17) is 0 Å². The topological polar surface area (TPSA) is 15.3 Å². The number of hydrogen-bond acceptors (Lipinski definition) is 2. The lowest BCUT2D eigenvalue weighted by atomic mass is 9.76. The lowest BCUT2D eigenvalue weighted by molar-refractivity contribution is 0.208. The predicted octanol–water partition coefficient (Wildman–Crippen LogP) is 4.07. The second-order valence-corrected chi connectivity index (χ2v) is 6.23. The SMILES string of the molecule is CCC1CCC(NC)C(CN(CC)c2ccccc2F)C1. The van der Waals surface area contributed by atoms with Gasteiger partial charge < -0.3 is 10.2 Å². The first-order chi connectivity index (χ1) is 10.2. The van der Waals surface area contributed by atoms with E-state index in [2.05, 4.69) is 31.1 Å². The zero-order chi connectivity index (χ0) is 15.2. The fourth-order valence-electron chi connectivity index (χ4n) is 3.70. The van der Waals surface area contributed by atoms with Crippen molar-refractivity contribution >= 4 is 5.69 Å². The fraction of sp³-hybridized carbons (Fsp3) is 0.667. The van der Waals surface area contributed by atoms with Crippen LogP contribution in [0.5, 0.6) is 0 Å². The number of nitrogens with zero attached hydrogens (tertiary/aromatic N) is 1. The van der Waals surface area contributed by atoms with Crippen LogP contribution in [0.3, 0.4) is 0 Å². The molecule has 0 radical (unpaired) electrons. The normalized spacial score (nSPS) is 25.8. The molecule has 3 atom stereocenters. The van der Waals surface area contributed by atoms with Crippen LogP contribution in [0, 0.1) is 17.7 Å². The third kappa shape index (κ3) is 3.97. The number of benzene rings is 1. The Morgan fingerprint density at radius 2 is 2.00 bits per heavy atom. The van der Waals surface area contributed by atoms with Crippen LogP contribution in [0.1, 0.15) is 39.5 Å². The van der Waals surface area contributed by atoms with E-state index < -0.39 is 0 Å². The highest BCUT2D eigenvalue weighted by Crippen LogP contribution is 2.33. The largest absolute Gasteiger partial charge is 0.369 e. The molecule has 0 aliphatic heterocycles. The van der Waals surface area contributed by atoms with Gasteiger partial charge in [0, 0.05) is 19.1 Å². The van der Waals surface area contributed by atoms with E-state index in [9.17, 15) is 4.39 Å². The lowest BCUT2D eigenvalue weighted by Gasteiger charge is -2.39. The summed E-state index contributed by atoms with van der Waals surface area (Å²) in [7, 11) is 2.06. The molecule has 1 fully saturated rings. The molecule has 1 aromatic carbocycles. The van der Waals surface area contributed by atoms with Crippen molar-refractivity contribution in [3.05, 3.63) is 30.1 Å². The molecule has 3 unspecified atom stereocenters. The van der Waals surface area contributed by atoms with Crippen LogP contribution in [-0.2, 0) is 0 Å². The van der Waals surface area contributed by atoms with Gasteiger partial charge in [0.25, 0.3) is 0 Å². The van der Waals surface area contributed by atoms with Gasteiger partial charge in [0.15, 0.2) is 0 Å². The molecule has 0 amide bonds. The minimum Gasteiger partial charge on any atom is -0.369 e. The van der Waals surface area contributed by atoms with Gasteiger partial charge in [-0.2, -0.15) is 0 Å². The van der Waals surface area contributed by atoms with Crippen molar-refractivity contribution < 1.29 is 4.39 Å². The van der Waals surface area contributed by atoms with Gasteiger partial charge in [0.05, 0.1) is 5.69 Å². The Bertz CT molecular complexity index is 435. The highest BCUT2D eigenvalue weighted by Gasteiger charge is 2.30. The molecule has 0 aromatic heterocycles. The Hall–Kier alpha value is -1.09. The van der Waals surface area contributed by atoms with Crippen molar-refractivity contribution in [1.82, 2.24) is 5.32 Å². The average Bonchev–Trinajstić information content (AvgIpc) is 2.53.